The highest BCUT2D eigenvalue weighted by Crippen LogP contribution is 2.55. The second-order valence-electron chi connectivity index (χ2n) is 10.7. The predicted octanol–water partition coefficient (Wildman–Crippen LogP) is 7.61. The fraction of sp³-hybridized carbons (Fsp3) is 0.467. The van der Waals surface area contributed by atoms with Gasteiger partial charge < -0.3 is 15.0 Å². The maximum absolute atomic E-state index is 13.6. The fourth-order valence-electron chi connectivity index (χ4n) is 5.42. The lowest BCUT2D eigenvalue weighted by Gasteiger charge is -2.36. The van der Waals surface area contributed by atoms with Gasteiger partial charge in [-0.2, -0.15) is 0 Å². The number of unbranched alkanes of at least 4 members (excludes halogenated alkanes) is 2. The third-order valence-corrected chi connectivity index (χ3v) is 9.22. The standard InChI is InChI=1S/C30H38ClN4O5P/c1-4-6-9-15-30(3,20-40-41(36)38-17-22(18-39-41)21-11-10-12-23(31)16-21)35-26(19-37-5-2)34-27-28(35)24-13-7-8-14-25(24)33-29(27)32/h7-8,10-14,16,22H,4-6,9,15,17-20H2,1-3H3,(H2,32,33). The van der Waals surface area contributed by atoms with Crippen molar-refractivity contribution in [3.05, 3.63) is 64.9 Å². The number of fused-ring (bicyclic) bond motifs is 3. The Balaban J connectivity index is 1.49. The molecular weight excluding hydrogens is 563 g/mol. The number of nitrogen functional groups attached to an aromatic ring is 1. The summed E-state index contributed by atoms with van der Waals surface area (Å²) in [5, 5.41) is 1.56. The summed E-state index contributed by atoms with van der Waals surface area (Å²) in [5.41, 5.74) is 8.98. The van der Waals surface area contributed by atoms with Gasteiger partial charge in [-0.25, -0.2) is 14.5 Å². The minimum absolute atomic E-state index is 0.0803. The normalized spacial score (nSPS) is 20.9. The van der Waals surface area contributed by atoms with Crippen molar-refractivity contribution < 1.29 is 22.9 Å². The Morgan fingerprint density at radius 2 is 1.90 bits per heavy atom. The number of benzene rings is 2. The molecule has 1 aliphatic heterocycles. The molecule has 1 saturated heterocycles. The number of halogens is 1. The number of hydrogen-bond acceptors (Lipinski definition) is 8. The monoisotopic (exact) mass is 600 g/mol. The van der Waals surface area contributed by atoms with Crippen LogP contribution >= 0.6 is 19.4 Å². The number of nitrogens with two attached hydrogens (primary N) is 1. The second-order valence-corrected chi connectivity index (χ2v) is 12.8. The molecule has 9 nitrogen and oxygen atoms in total. The third kappa shape index (κ3) is 6.46. The molecule has 5 rings (SSSR count). The van der Waals surface area contributed by atoms with Crippen molar-refractivity contribution in [1.29, 1.82) is 0 Å². The molecule has 2 aromatic carbocycles. The Morgan fingerprint density at radius 3 is 2.63 bits per heavy atom. The summed E-state index contributed by atoms with van der Waals surface area (Å²) in [5.74, 6) is 0.970. The van der Waals surface area contributed by atoms with Gasteiger partial charge in [-0.3, -0.25) is 13.6 Å². The van der Waals surface area contributed by atoms with E-state index in [9.17, 15) is 4.57 Å². The van der Waals surface area contributed by atoms with Crippen LogP contribution in [-0.4, -0.2) is 41.0 Å². The number of pyridine rings is 1. The van der Waals surface area contributed by atoms with Crippen molar-refractivity contribution in [3.8, 4) is 0 Å². The van der Waals surface area contributed by atoms with Gasteiger partial charge in [-0.15, -0.1) is 0 Å². The number of aromatic nitrogens is 3. The summed E-state index contributed by atoms with van der Waals surface area (Å²) in [4.78, 5) is 9.51. The number of anilines is 1. The van der Waals surface area contributed by atoms with Crippen LogP contribution in [0, 0.1) is 0 Å². The van der Waals surface area contributed by atoms with Crippen molar-refractivity contribution in [2.45, 2.75) is 64.5 Å². The molecule has 4 aromatic rings. The van der Waals surface area contributed by atoms with Crippen LogP contribution in [0.25, 0.3) is 21.9 Å². The first-order chi connectivity index (χ1) is 19.8. The SMILES string of the molecule is CCCCCC(C)(COP1(=O)OCC(c2cccc(Cl)c2)CO1)n1c(COCC)nc2c(N)nc3ccccc3c21. The summed E-state index contributed by atoms with van der Waals surface area (Å²) in [6.07, 6.45) is 3.78. The van der Waals surface area contributed by atoms with E-state index in [1.54, 1.807) is 0 Å². The summed E-state index contributed by atoms with van der Waals surface area (Å²) in [6, 6.07) is 15.4. The molecule has 0 saturated carbocycles. The van der Waals surface area contributed by atoms with E-state index in [1.807, 2.05) is 55.5 Å². The van der Waals surface area contributed by atoms with Crippen LogP contribution < -0.4 is 5.73 Å². The predicted molar refractivity (Wildman–Crippen MR) is 162 cm³/mol. The molecule has 1 unspecified atom stereocenters. The number of para-hydroxylation sites is 1. The Kier molecular flexibility index (Phi) is 9.33. The average molecular weight is 601 g/mol. The molecule has 0 radical (unpaired) electrons. The first kappa shape index (κ1) is 30.0. The number of phosphoric ester groups is 1. The molecule has 1 aliphatic rings. The zero-order chi connectivity index (χ0) is 29.0. The number of hydrogen-bond donors (Lipinski definition) is 1. The molecule has 41 heavy (non-hydrogen) atoms. The Labute approximate surface area is 245 Å². The third-order valence-electron chi connectivity index (χ3n) is 7.60. The topological polar surface area (TPSA) is 111 Å². The molecule has 0 aliphatic carbocycles. The lowest BCUT2D eigenvalue weighted by molar-refractivity contribution is 0.0370. The number of imidazole rings is 1. The molecule has 1 atom stereocenters. The second kappa shape index (κ2) is 12.8. The van der Waals surface area contributed by atoms with E-state index in [2.05, 4.69) is 23.4 Å². The first-order valence-electron chi connectivity index (χ1n) is 14.2. The zero-order valence-electron chi connectivity index (χ0n) is 23.8. The van der Waals surface area contributed by atoms with Gasteiger partial charge >= 0.3 is 7.82 Å². The fourth-order valence-corrected chi connectivity index (χ4v) is 7.00. The average Bonchev–Trinajstić information content (AvgIpc) is 3.37. The van der Waals surface area contributed by atoms with Crippen LogP contribution in [0.2, 0.25) is 5.02 Å². The van der Waals surface area contributed by atoms with E-state index in [4.69, 9.17) is 40.6 Å². The largest absolute Gasteiger partial charge is 0.474 e. The van der Waals surface area contributed by atoms with Gasteiger partial charge in [0.25, 0.3) is 0 Å². The summed E-state index contributed by atoms with van der Waals surface area (Å²) < 4.78 is 39.3. The molecule has 11 heteroatoms. The van der Waals surface area contributed by atoms with Gasteiger partial charge in [0.1, 0.15) is 17.9 Å². The van der Waals surface area contributed by atoms with Crippen LogP contribution in [0.3, 0.4) is 0 Å². The van der Waals surface area contributed by atoms with Crippen LogP contribution in [-0.2, 0) is 35.0 Å². The molecule has 0 amide bonds. The molecule has 0 bridgehead atoms. The van der Waals surface area contributed by atoms with Crippen LogP contribution in [0.15, 0.2) is 48.5 Å². The van der Waals surface area contributed by atoms with Crippen molar-refractivity contribution in [3.63, 3.8) is 0 Å². The maximum atomic E-state index is 13.6. The number of nitrogens with zero attached hydrogens (tertiary/aromatic N) is 3. The van der Waals surface area contributed by atoms with E-state index in [1.165, 1.54) is 0 Å². The molecule has 3 heterocycles. The van der Waals surface area contributed by atoms with Crippen LogP contribution in [0.4, 0.5) is 5.82 Å². The van der Waals surface area contributed by atoms with Crippen molar-refractivity contribution in [2.75, 3.05) is 32.2 Å². The highest BCUT2D eigenvalue weighted by atomic mass is 35.5. The first-order valence-corrected chi connectivity index (χ1v) is 16.0. The van der Waals surface area contributed by atoms with Crippen molar-refractivity contribution >= 4 is 47.2 Å². The zero-order valence-corrected chi connectivity index (χ0v) is 25.5. The Bertz CT molecular complexity index is 1550. The molecule has 1 fully saturated rings. The number of rotatable bonds is 12. The van der Waals surface area contributed by atoms with Gasteiger partial charge in [-0.1, -0.05) is 68.1 Å². The molecule has 220 valence electrons. The maximum Gasteiger partial charge on any atom is 0.474 e. The smallest absolute Gasteiger partial charge is 0.382 e. The van der Waals surface area contributed by atoms with Crippen molar-refractivity contribution in [2.24, 2.45) is 0 Å². The molecular formula is C30H38ClN4O5P. The lowest BCUT2D eigenvalue weighted by Crippen LogP contribution is -2.37. The van der Waals surface area contributed by atoms with E-state index in [0.717, 1.165) is 47.7 Å². The molecule has 2 aromatic heterocycles. The Morgan fingerprint density at radius 1 is 1.12 bits per heavy atom. The highest BCUT2D eigenvalue weighted by molar-refractivity contribution is 7.48. The van der Waals surface area contributed by atoms with E-state index in [0.29, 0.717) is 28.8 Å². The molecule has 2 N–H and O–H groups in total. The summed E-state index contributed by atoms with van der Waals surface area (Å²) in [7, 11) is -3.81. The Hall–Kier alpha value is -2.52. The van der Waals surface area contributed by atoms with Crippen LogP contribution in [0.1, 0.15) is 63.8 Å². The van der Waals surface area contributed by atoms with Gasteiger partial charge in [0.15, 0.2) is 5.82 Å². The molecule has 0 spiro atoms. The van der Waals surface area contributed by atoms with Gasteiger partial charge in [0, 0.05) is 22.9 Å². The summed E-state index contributed by atoms with van der Waals surface area (Å²) >= 11 is 6.16. The van der Waals surface area contributed by atoms with Gasteiger partial charge in [0.2, 0.25) is 0 Å². The van der Waals surface area contributed by atoms with E-state index >= 15 is 0 Å². The quantitative estimate of drug-likeness (QED) is 0.131. The van der Waals surface area contributed by atoms with Gasteiger partial charge in [-0.05, 0) is 44.0 Å². The lowest BCUT2D eigenvalue weighted by atomic mass is 9.94. The summed E-state index contributed by atoms with van der Waals surface area (Å²) in [6.45, 7) is 7.52. The number of ether oxygens (including phenoxy) is 1. The highest BCUT2D eigenvalue weighted by Gasteiger charge is 2.40. The minimum Gasteiger partial charge on any atom is -0.382 e. The van der Waals surface area contributed by atoms with Gasteiger partial charge in [0.05, 0.1) is 36.4 Å². The number of phosphoric acid groups is 1. The van der Waals surface area contributed by atoms with E-state index in [-0.39, 0.29) is 32.3 Å². The van der Waals surface area contributed by atoms with E-state index < -0.39 is 13.4 Å². The van der Waals surface area contributed by atoms with Crippen LogP contribution in [0.5, 0.6) is 0 Å². The van der Waals surface area contributed by atoms with Crippen molar-refractivity contribution in [1.82, 2.24) is 14.5 Å². The minimum atomic E-state index is -3.81.